The number of para-hydroxylation sites is 1. The number of likely N-dealkylation sites (tertiary alicyclic amines) is 1. The summed E-state index contributed by atoms with van der Waals surface area (Å²) >= 11 is 0. The summed E-state index contributed by atoms with van der Waals surface area (Å²) in [6, 6.07) is 5.36. The van der Waals surface area contributed by atoms with Gasteiger partial charge in [0.2, 0.25) is 5.91 Å². The molecular formula is C22H34N3O4+. The van der Waals surface area contributed by atoms with E-state index < -0.39 is 5.97 Å². The van der Waals surface area contributed by atoms with Crippen LogP contribution in [0.1, 0.15) is 49.5 Å². The van der Waals surface area contributed by atoms with E-state index in [4.69, 9.17) is 4.74 Å². The highest BCUT2D eigenvalue weighted by atomic mass is 16.5. The first kappa shape index (κ1) is 22.9. The summed E-state index contributed by atoms with van der Waals surface area (Å²) in [7, 11) is 1.32. The van der Waals surface area contributed by atoms with E-state index in [1.165, 1.54) is 7.11 Å². The third kappa shape index (κ3) is 5.79. The van der Waals surface area contributed by atoms with Crippen LogP contribution in [-0.2, 0) is 14.3 Å². The van der Waals surface area contributed by atoms with Crippen molar-refractivity contribution in [1.82, 2.24) is 5.32 Å². The molecule has 2 atom stereocenters. The smallest absolute Gasteiger partial charge is 0.339 e. The summed E-state index contributed by atoms with van der Waals surface area (Å²) in [6.07, 6.45) is 1.76. The molecule has 1 aromatic rings. The maximum Gasteiger partial charge on any atom is 0.339 e. The van der Waals surface area contributed by atoms with E-state index in [2.05, 4.69) is 17.6 Å². The number of carbonyl (C=O) groups is 3. The van der Waals surface area contributed by atoms with Crippen LogP contribution in [0.15, 0.2) is 18.2 Å². The lowest BCUT2D eigenvalue weighted by Crippen LogP contribution is -2.59. The van der Waals surface area contributed by atoms with Crippen molar-refractivity contribution in [2.24, 2.45) is 5.92 Å². The Morgan fingerprint density at radius 3 is 2.62 bits per heavy atom. The lowest BCUT2D eigenvalue weighted by molar-refractivity contribution is -0.925. The number of quaternary nitrogens is 1. The minimum atomic E-state index is -0.480. The molecule has 2 N–H and O–H groups in total. The van der Waals surface area contributed by atoms with Gasteiger partial charge in [-0.15, -0.1) is 0 Å². The number of likely N-dealkylation sites (N-methyl/N-ethyl adjacent to an activating group) is 1. The first-order valence-electron chi connectivity index (χ1n) is 10.3. The van der Waals surface area contributed by atoms with Crippen molar-refractivity contribution in [1.29, 1.82) is 0 Å². The molecule has 0 bridgehead atoms. The number of rotatable bonds is 7. The van der Waals surface area contributed by atoms with Crippen molar-refractivity contribution >= 4 is 23.5 Å². The second-order valence-electron chi connectivity index (χ2n) is 8.26. The Hall–Kier alpha value is -2.41. The summed E-state index contributed by atoms with van der Waals surface area (Å²) < 4.78 is 5.41. The van der Waals surface area contributed by atoms with E-state index in [1.54, 1.807) is 12.1 Å². The van der Waals surface area contributed by atoms with Gasteiger partial charge in [0.25, 0.3) is 5.91 Å². The number of hydrogen-bond donors (Lipinski definition) is 2. The van der Waals surface area contributed by atoms with Crippen molar-refractivity contribution in [3.63, 3.8) is 0 Å². The number of hydrogen-bond acceptors (Lipinski definition) is 4. The molecule has 1 aromatic carbocycles. The minimum Gasteiger partial charge on any atom is -0.465 e. The summed E-state index contributed by atoms with van der Waals surface area (Å²) in [4.78, 5) is 37.5. The van der Waals surface area contributed by atoms with Gasteiger partial charge in [0.15, 0.2) is 6.54 Å². The zero-order valence-electron chi connectivity index (χ0n) is 18.2. The SMILES string of the molecule is CC[N+]1(CC(=O)Nc2c(C)cccc2C(=O)OC)CCCC(C(=O)NC(C)C)C1. The number of anilines is 1. The maximum absolute atomic E-state index is 12.9. The molecule has 0 aliphatic carbocycles. The monoisotopic (exact) mass is 404 g/mol. The zero-order valence-corrected chi connectivity index (χ0v) is 18.2. The number of esters is 1. The van der Waals surface area contributed by atoms with Gasteiger partial charge in [-0.1, -0.05) is 12.1 Å². The number of piperidine rings is 1. The molecule has 0 saturated carbocycles. The Kier molecular flexibility index (Phi) is 7.79. The van der Waals surface area contributed by atoms with Crippen LogP contribution in [0.3, 0.4) is 0 Å². The second kappa shape index (κ2) is 9.87. The van der Waals surface area contributed by atoms with Gasteiger partial charge < -0.3 is 19.9 Å². The predicted octanol–water partition coefficient (Wildman–Crippen LogP) is 2.49. The molecular weight excluding hydrogens is 370 g/mol. The average Bonchev–Trinajstić information content (AvgIpc) is 2.68. The largest absolute Gasteiger partial charge is 0.465 e. The topological polar surface area (TPSA) is 84.5 Å². The highest BCUT2D eigenvalue weighted by Gasteiger charge is 2.38. The summed E-state index contributed by atoms with van der Waals surface area (Å²) in [5.74, 6) is -0.645. The highest BCUT2D eigenvalue weighted by molar-refractivity contribution is 6.02. The van der Waals surface area contributed by atoms with Gasteiger partial charge in [-0.2, -0.15) is 0 Å². The Morgan fingerprint density at radius 1 is 1.28 bits per heavy atom. The molecule has 2 rings (SSSR count). The van der Waals surface area contributed by atoms with Crippen molar-refractivity contribution in [3.8, 4) is 0 Å². The second-order valence-corrected chi connectivity index (χ2v) is 8.26. The van der Waals surface area contributed by atoms with Crippen molar-refractivity contribution in [3.05, 3.63) is 29.3 Å². The normalized spacial score (nSPS) is 21.5. The molecule has 1 heterocycles. The Balaban J connectivity index is 2.14. The molecule has 1 aliphatic heterocycles. The number of aryl methyl sites for hydroxylation is 1. The van der Waals surface area contributed by atoms with Gasteiger partial charge in [0.05, 0.1) is 43.9 Å². The highest BCUT2D eigenvalue weighted by Crippen LogP contribution is 2.26. The quantitative estimate of drug-likeness (QED) is 0.540. The van der Waals surface area contributed by atoms with E-state index in [1.807, 2.05) is 26.8 Å². The van der Waals surface area contributed by atoms with E-state index in [9.17, 15) is 14.4 Å². The number of methoxy groups -OCH3 is 1. The van der Waals surface area contributed by atoms with Gasteiger partial charge in [-0.25, -0.2) is 4.79 Å². The molecule has 0 radical (unpaired) electrons. The molecule has 29 heavy (non-hydrogen) atoms. The Labute approximate surface area is 173 Å². The number of carbonyl (C=O) groups excluding carboxylic acids is 3. The zero-order chi connectivity index (χ0) is 21.6. The Bertz CT molecular complexity index is 762. The summed E-state index contributed by atoms with van der Waals surface area (Å²) in [5, 5.41) is 5.92. The van der Waals surface area contributed by atoms with Crippen LogP contribution in [-0.4, -0.2) is 61.6 Å². The molecule has 1 fully saturated rings. The van der Waals surface area contributed by atoms with Gasteiger partial charge in [0, 0.05) is 6.04 Å². The fraction of sp³-hybridized carbons (Fsp3) is 0.591. The lowest BCUT2D eigenvalue weighted by atomic mass is 9.94. The minimum absolute atomic E-state index is 0.0722. The fourth-order valence-electron chi connectivity index (χ4n) is 4.08. The third-order valence-electron chi connectivity index (χ3n) is 5.69. The number of nitrogens with one attached hydrogen (secondary N) is 2. The van der Waals surface area contributed by atoms with E-state index in [-0.39, 0.29) is 30.3 Å². The lowest BCUT2D eigenvalue weighted by Gasteiger charge is -2.43. The Morgan fingerprint density at radius 2 is 2.00 bits per heavy atom. The molecule has 2 amide bonds. The first-order valence-corrected chi connectivity index (χ1v) is 10.3. The number of benzene rings is 1. The number of amides is 2. The summed E-state index contributed by atoms with van der Waals surface area (Å²) in [6.45, 7) is 10.4. The molecule has 160 valence electrons. The first-order chi connectivity index (χ1) is 13.7. The molecule has 2 unspecified atom stereocenters. The predicted molar refractivity (Wildman–Crippen MR) is 113 cm³/mol. The standard InChI is InChI=1S/C22H33N3O4/c1-6-25(12-8-10-17(13-25)21(27)23-15(2)3)14-19(26)24-20-16(4)9-7-11-18(20)22(28)29-5/h7,9,11,15,17H,6,8,10,12-14H2,1-5H3,(H-,23,24,26,27,28)/p+1. The van der Waals surface area contributed by atoms with Crippen LogP contribution < -0.4 is 10.6 Å². The number of nitrogens with zero attached hydrogens (tertiary/aromatic N) is 1. The van der Waals surface area contributed by atoms with Crippen LogP contribution in [0.5, 0.6) is 0 Å². The van der Waals surface area contributed by atoms with Crippen LogP contribution in [0.4, 0.5) is 5.69 Å². The molecule has 0 aromatic heterocycles. The van der Waals surface area contributed by atoms with E-state index in [0.717, 1.165) is 31.5 Å². The fourth-order valence-corrected chi connectivity index (χ4v) is 4.08. The molecule has 7 heteroatoms. The van der Waals surface area contributed by atoms with Crippen LogP contribution in [0, 0.1) is 12.8 Å². The van der Waals surface area contributed by atoms with Crippen molar-refractivity contribution < 1.29 is 23.6 Å². The van der Waals surface area contributed by atoms with E-state index >= 15 is 0 Å². The average molecular weight is 405 g/mol. The molecule has 1 aliphatic rings. The third-order valence-corrected chi connectivity index (χ3v) is 5.69. The van der Waals surface area contributed by atoms with Crippen LogP contribution in [0.25, 0.3) is 0 Å². The molecule has 7 nitrogen and oxygen atoms in total. The van der Waals surface area contributed by atoms with E-state index in [0.29, 0.717) is 22.3 Å². The van der Waals surface area contributed by atoms with Crippen LogP contribution >= 0.6 is 0 Å². The van der Waals surface area contributed by atoms with Crippen molar-refractivity contribution in [2.45, 2.75) is 46.6 Å². The van der Waals surface area contributed by atoms with Gasteiger partial charge >= 0.3 is 5.97 Å². The van der Waals surface area contributed by atoms with Gasteiger partial charge in [0.1, 0.15) is 0 Å². The van der Waals surface area contributed by atoms with Gasteiger partial charge in [-0.3, -0.25) is 9.59 Å². The molecule has 1 saturated heterocycles. The van der Waals surface area contributed by atoms with Gasteiger partial charge in [-0.05, 0) is 52.2 Å². The summed E-state index contributed by atoms with van der Waals surface area (Å²) in [5.41, 5.74) is 1.64. The number of ether oxygens (including phenoxy) is 1. The molecule has 0 spiro atoms. The maximum atomic E-state index is 12.9. The van der Waals surface area contributed by atoms with Crippen molar-refractivity contribution in [2.75, 3.05) is 38.6 Å². The van der Waals surface area contributed by atoms with Crippen LogP contribution in [0.2, 0.25) is 0 Å².